The number of aromatic nitrogens is 2. The Hall–Kier alpha value is -2.70. The smallest absolute Gasteiger partial charge is 0.325 e. The largest absolute Gasteiger partial charge is 0.480 e. The summed E-state index contributed by atoms with van der Waals surface area (Å²) in [5.41, 5.74) is -0.105. The van der Waals surface area contributed by atoms with Gasteiger partial charge in [-0.25, -0.2) is 4.39 Å². The molecule has 1 aliphatic carbocycles. The number of carboxylic acids is 1. The predicted molar refractivity (Wildman–Crippen MR) is 89.7 cm³/mol. The fourth-order valence-corrected chi connectivity index (χ4v) is 3.48. The molecule has 1 fully saturated rings. The number of carbonyl (C=O) groups excluding carboxylic acids is 1. The van der Waals surface area contributed by atoms with Crippen molar-refractivity contribution in [1.82, 2.24) is 9.78 Å². The molecule has 132 valence electrons. The van der Waals surface area contributed by atoms with Gasteiger partial charge in [-0.05, 0) is 30.5 Å². The molecule has 6 nitrogen and oxygen atoms in total. The van der Waals surface area contributed by atoms with Crippen LogP contribution in [0.25, 0.3) is 0 Å². The summed E-state index contributed by atoms with van der Waals surface area (Å²) >= 11 is 0. The van der Waals surface area contributed by atoms with Crippen molar-refractivity contribution in [3.8, 4) is 0 Å². The van der Waals surface area contributed by atoms with Crippen LogP contribution in [0.4, 0.5) is 10.2 Å². The van der Waals surface area contributed by atoms with Gasteiger partial charge >= 0.3 is 5.97 Å². The summed E-state index contributed by atoms with van der Waals surface area (Å²) in [5, 5.41) is 15.6. The molecular formula is C18H20FN3O3. The van der Waals surface area contributed by atoms with Crippen molar-refractivity contribution < 1.29 is 19.1 Å². The van der Waals surface area contributed by atoms with E-state index in [-0.39, 0.29) is 18.3 Å². The fourth-order valence-electron chi connectivity index (χ4n) is 3.48. The number of benzene rings is 1. The third-order valence-electron chi connectivity index (χ3n) is 4.70. The van der Waals surface area contributed by atoms with Crippen LogP contribution >= 0.6 is 0 Å². The van der Waals surface area contributed by atoms with E-state index in [0.29, 0.717) is 24.2 Å². The zero-order valence-electron chi connectivity index (χ0n) is 13.7. The first-order chi connectivity index (χ1) is 12.0. The number of rotatable bonds is 5. The van der Waals surface area contributed by atoms with Crippen molar-refractivity contribution >= 4 is 17.7 Å². The highest BCUT2D eigenvalue weighted by molar-refractivity contribution is 5.98. The van der Waals surface area contributed by atoms with Gasteiger partial charge in [-0.3, -0.25) is 14.3 Å². The maximum atomic E-state index is 13.7. The lowest BCUT2D eigenvalue weighted by Crippen LogP contribution is -2.42. The van der Waals surface area contributed by atoms with Gasteiger partial charge in [0.25, 0.3) is 0 Å². The van der Waals surface area contributed by atoms with E-state index in [1.165, 1.54) is 23.0 Å². The van der Waals surface area contributed by atoms with Gasteiger partial charge in [-0.2, -0.15) is 5.10 Å². The van der Waals surface area contributed by atoms with E-state index in [4.69, 9.17) is 5.11 Å². The second kappa shape index (κ2) is 7.04. The van der Waals surface area contributed by atoms with Crippen LogP contribution in [-0.2, 0) is 21.5 Å². The second-order valence-corrected chi connectivity index (χ2v) is 6.40. The Kier molecular flexibility index (Phi) is 4.83. The molecule has 0 aliphatic heterocycles. The topological polar surface area (TPSA) is 84.2 Å². The van der Waals surface area contributed by atoms with Gasteiger partial charge in [-0.15, -0.1) is 0 Å². The Bertz CT molecular complexity index is 781. The molecule has 2 N–H and O–H groups in total. The first kappa shape index (κ1) is 17.1. The van der Waals surface area contributed by atoms with Crippen molar-refractivity contribution in [3.05, 3.63) is 47.9 Å². The predicted octanol–water partition coefficient (Wildman–Crippen LogP) is 2.95. The molecule has 2 aromatic rings. The minimum Gasteiger partial charge on any atom is -0.480 e. The lowest BCUT2D eigenvalue weighted by atomic mass is 9.68. The lowest BCUT2D eigenvalue weighted by molar-refractivity contribution is -0.137. The van der Waals surface area contributed by atoms with Crippen molar-refractivity contribution in [2.24, 2.45) is 0 Å². The Balaban J connectivity index is 1.85. The number of carbonyl (C=O) groups is 2. The van der Waals surface area contributed by atoms with E-state index in [2.05, 4.69) is 10.4 Å². The maximum Gasteiger partial charge on any atom is 0.325 e. The summed E-state index contributed by atoms with van der Waals surface area (Å²) in [6.45, 7) is -0.273. The van der Waals surface area contributed by atoms with Crippen molar-refractivity contribution in [2.75, 3.05) is 5.32 Å². The molecule has 7 heteroatoms. The Labute approximate surface area is 144 Å². The number of hydrogen-bond donors (Lipinski definition) is 2. The molecule has 25 heavy (non-hydrogen) atoms. The number of halogens is 1. The average molecular weight is 345 g/mol. The molecule has 3 rings (SSSR count). The average Bonchev–Trinajstić information content (AvgIpc) is 3.01. The standard InChI is InChI=1S/C18H20FN3O3/c19-14-6-4-5-13(11-14)18(8-2-1-3-9-18)17(25)20-15-7-10-22(21-15)12-16(23)24/h4-7,10-11H,1-3,8-9,12H2,(H,23,24)(H,20,21,25). The van der Waals surface area contributed by atoms with E-state index >= 15 is 0 Å². The van der Waals surface area contributed by atoms with Gasteiger partial charge in [-0.1, -0.05) is 31.4 Å². The summed E-state index contributed by atoms with van der Waals surface area (Å²) in [6.07, 6.45) is 5.65. The van der Waals surface area contributed by atoms with Crippen LogP contribution in [0.3, 0.4) is 0 Å². The number of anilines is 1. The third kappa shape index (κ3) is 3.70. The van der Waals surface area contributed by atoms with E-state index in [1.807, 2.05) is 0 Å². The van der Waals surface area contributed by atoms with Gasteiger partial charge in [0, 0.05) is 12.3 Å². The van der Waals surface area contributed by atoms with Crippen LogP contribution in [0, 0.1) is 5.82 Å². The van der Waals surface area contributed by atoms with Gasteiger partial charge in [0.1, 0.15) is 12.4 Å². The zero-order chi connectivity index (χ0) is 17.9. The summed E-state index contributed by atoms with van der Waals surface area (Å²) in [5.74, 6) is -1.29. The van der Waals surface area contributed by atoms with Crippen molar-refractivity contribution in [2.45, 2.75) is 44.1 Å². The SMILES string of the molecule is O=C(O)Cn1ccc(NC(=O)C2(c3cccc(F)c3)CCCCC2)n1. The Morgan fingerprint density at radius 1 is 1.24 bits per heavy atom. The number of hydrogen-bond acceptors (Lipinski definition) is 3. The number of nitrogens with zero attached hydrogens (tertiary/aromatic N) is 2. The van der Waals surface area contributed by atoms with Gasteiger partial charge in [0.2, 0.25) is 5.91 Å². The van der Waals surface area contributed by atoms with Crippen LogP contribution in [0.1, 0.15) is 37.7 Å². The molecule has 0 radical (unpaired) electrons. The van der Waals surface area contributed by atoms with Gasteiger partial charge in [0.15, 0.2) is 5.82 Å². The summed E-state index contributed by atoms with van der Waals surface area (Å²) in [7, 11) is 0. The lowest BCUT2D eigenvalue weighted by Gasteiger charge is -2.36. The van der Waals surface area contributed by atoms with E-state index in [1.54, 1.807) is 18.2 Å². The van der Waals surface area contributed by atoms with E-state index in [0.717, 1.165) is 19.3 Å². The third-order valence-corrected chi connectivity index (χ3v) is 4.70. The molecular weight excluding hydrogens is 325 g/mol. The molecule has 1 aromatic heterocycles. The quantitative estimate of drug-likeness (QED) is 0.873. The molecule has 1 amide bonds. The number of aliphatic carboxylic acids is 1. The molecule has 0 bridgehead atoms. The fraction of sp³-hybridized carbons (Fsp3) is 0.389. The van der Waals surface area contributed by atoms with E-state index in [9.17, 15) is 14.0 Å². The first-order valence-corrected chi connectivity index (χ1v) is 8.32. The highest BCUT2D eigenvalue weighted by Crippen LogP contribution is 2.40. The maximum absolute atomic E-state index is 13.7. The summed E-state index contributed by atoms with van der Waals surface area (Å²) < 4.78 is 14.9. The first-order valence-electron chi connectivity index (χ1n) is 8.32. The molecule has 0 atom stereocenters. The monoisotopic (exact) mass is 345 g/mol. The number of carboxylic acid groups (broad SMARTS) is 1. The van der Waals surface area contributed by atoms with Crippen LogP contribution < -0.4 is 5.32 Å². The van der Waals surface area contributed by atoms with E-state index < -0.39 is 11.4 Å². The van der Waals surface area contributed by atoms with Crippen LogP contribution in [0.2, 0.25) is 0 Å². The van der Waals surface area contributed by atoms with Crippen molar-refractivity contribution in [3.63, 3.8) is 0 Å². The van der Waals surface area contributed by atoms with Crippen molar-refractivity contribution in [1.29, 1.82) is 0 Å². The number of nitrogens with one attached hydrogen (secondary N) is 1. The van der Waals surface area contributed by atoms with Gasteiger partial charge in [0.05, 0.1) is 5.41 Å². The highest BCUT2D eigenvalue weighted by Gasteiger charge is 2.41. The van der Waals surface area contributed by atoms with Crippen LogP contribution in [0.15, 0.2) is 36.5 Å². The molecule has 0 spiro atoms. The highest BCUT2D eigenvalue weighted by atomic mass is 19.1. The Morgan fingerprint density at radius 3 is 2.68 bits per heavy atom. The number of amides is 1. The van der Waals surface area contributed by atoms with Crippen LogP contribution in [-0.4, -0.2) is 26.8 Å². The van der Waals surface area contributed by atoms with Crippen LogP contribution in [0.5, 0.6) is 0 Å². The normalized spacial score (nSPS) is 16.4. The Morgan fingerprint density at radius 2 is 2.00 bits per heavy atom. The molecule has 1 aliphatic rings. The molecule has 1 aromatic carbocycles. The second-order valence-electron chi connectivity index (χ2n) is 6.40. The van der Waals surface area contributed by atoms with Gasteiger partial charge < -0.3 is 10.4 Å². The minimum absolute atomic E-state index is 0.224. The molecule has 1 heterocycles. The molecule has 0 unspecified atom stereocenters. The molecule has 1 saturated carbocycles. The summed E-state index contributed by atoms with van der Waals surface area (Å²) in [6, 6.07) is 7.76. The zero-order valence-corrected chi connectivity index (χ0v) is 13.7. The summed E-state index contributed by atoms with van der Waals surface area (Å²) in [4.78, 5) is 23.8. The minimum atomic E-state index is -1.01. The molecule has 0 saturated heterocycles.